The molecular formula is C17H19BrN2OS2. The Morgan fingerprint density at radius 2 is 2.39 bits per heavy atom. The molecule has 1 aromatic carbocycles. The number of nitrogens with zero attached hydrogens (tertiary/aromatic N) is 2. The normalized spacial score (nSPS) is 18.2. The minimum atomic E-state index is 0.235. The van der Waals surface area contributed by atoms with Gasteiger partial charge in [0.1, 0.15) is 0 Å². The van der Waals surface area contributed by atoms with Gasteiger partial charge in [-0.25, -0.2) is 4.98 Å². The Bertz CT molecular complexity index is 675. The average Bonchev–Trinajstić information content (AvgIpc) is 3.08. The number of benzene rings is 1. The fourth-order valence-electron chi connectivity index (χ4n) is 2.85. The lowest BCUT2D eigenvalue weighted by atomic mass is 9.99. The summed E-state index contributed by atoms with van der Waals surface area (Å²) in [6.07, 6.45) is 4.06. The van der Waals surface area contributed by atoms with Gasteiger partial charge < -0.3 is 4.90 Å². The van der Waals surface area contributed by atoms with E-state index in [9.17, 15) is 4.79 Å². The van der Waals surface area contributed by atoms with Crippen LogP contribution in [-0.2, 0) is 4.79 Å². The number of hydrogen-bond acceptors (Lipinski definition) is 4. The first kappa shape index (κ1) is 17.0. The van der Waals surface area contributed by atoms with Gasteiger partial charge in [-0.2, -0.15) is 0 Å². The van der Waals surface area contributed by atoms with Gasteiger partial charge in [0, 0.05) is 40.0 Å². The van der Waals surface area contributed by atoms with Crippen molar-refractivity contribution >= 4 is 44.9 Å². The molecule has 1 unspecified atom stereocenters. The van der Waals surface area contributed by atoms with Gasteiger partial charge >= 0.3 is 0 Å². The molecule has 0 saturated carbocycles. The molecule has 1 atom stereocenters. The van der Waals surface area contributed by atoms with Crippen molar-refractivity contribution in [2.24, 2.45) is 0 Å². The number of thiazole rings is 1. The summed E-state index contributed by atoms with van der Waals surface area (Å²) in [6.45, 7) is 3.77. The van der Waals surface area contributed by atoms with Crippen molar-refractivity contribution in [2.75, 3.05) is 18.8 Å². The third-order valence-corrected chi connectivity index (χ3v) is 6.65. The van der Waals surface area contributed by atoms with Crippen molar-refractivity contribution < 1.29 is 4.79 Å². The maximum atomic E-state index is 12.5. The van der Waals surface area contributed by atoms with Crippen molar-refractivity contribution in [3.05, 3.63) is 44.8 Å². The van der Waals surface area contributed by atoms with E-state index in [4.69, 9.17) is 0 Å². The number of carbonyl (C=O) groups excluding carboxylic acids is 1. The van der Waals surface area contributed by atoms with Crippen LogP contribution in [0, 0.1) is 6.92 Å². The molecule has 0 spiro atoms. The van der Waals surface area contributed by atoms with E-state index in [1.807, 2.05) is 22.5 Å². The largest absolute Gasteiger partial charge is 0.341 e. The molecular weight excluding hydrogens is 392 g/mol. The van der Waals surface area contributed by atoms with Crippen LogP contribution >= 0.6 is 39.0 Å². The number of carbonyl (C=O) groups is 1. The van der Waals surface area contributed by atoms with Gasteiger partial charge in [0.2, 0.25) is 5.91 Å². The zero-order valence-electron chi connectivity index (χ0n) is 13.0. The number of thioether (sulfide) groups is 1. The summed E-state index contributed by atoms with van der Waals surface area (Å²) in [5, 5.41) is 3.18. The standard InChI is InChI=1S/C17H19BrN2OS2/c1-12-9-14(18)4-5-15(12)23-11-16(21)20-7-2-3-13(10-20)17-19-6-8-22-17/h4-6,8-9,13H,2-3,7,10-11H2,1H3. The van der Waals surface area contributed by atoms with Gasteiger partial charge in [-0.1, -0.05) is 15.9 Å². The van der Waals surface area contributed by atoms with Crippen LogP contribution in [0.2, 0.25) is 0 Å². The average molecular weight is 411 g/mol. The van der Waals surface area contributed by atoms with Gasteiger partial charge in [-0.3, -0.25) is 4.79 Å². The quantitative estimate of drug-likeness (QED) is 0.683. The highest BCUT2D eigenvalue weighted by atomic mass is 79.9. The second kappa shape index (κ2) is 7.81. The SMILES string of the molecule is Cc1cc(Br)ccc1SCC(=O)N1CCCC(c2nccs2)C1. The van der Waals surface area contributed by atoms with E-state index in [0.29, 0.717) is 11.7 Å². The molecule has 1 aliphatic rings. The fraction of sp³-hybridized carbons (Fsp3) is 0.412. The molecule has 0 N–H and O–H groups in total. The summed E-state index contributed by atoms with van der Waals surface area (Å²) < 4.78 is 1.08. The van der Waals surface area contributed by atoms with Crippen molar-refractivity contribution in [2.45, 2.75) is 30.6 Å². The van der Waals surface area contributed by atoms with Crippen LogP contribution in [-0.4, -0.2) is 34.6 Å². The van der Waals surface area contributed by atoms with Crippen LogP contribution in [0.15, 0.2) is 39.1 Å². The third kappa shape index (κ3) is 4.37. The minimum Gasteiger partial charge on any atom is -0.341 e. The van der Waals surface area contributed by atoms with Gasteiger partial charge in [0.15, 0.2) is 0 Å². The Labute approximate surface area is 153 Å². The summed E-state index contributed by atoms with van der Waals surface area (Å²) in [5.74, 6) is 1.15. The molecule has 2 heterocycles. The van der Waals surface area contributed by atoms with E-state index in [1.54, 1.807) is 23.1 Å². The molecule has 1 fully saturated rings. The number of halogens is 1. The zero-order chi connectivity index (χ0) is 16.2. The lowest BCUT2D eigenvalue weighted by molar-refractivity contribution is -0.129. The van der Waals surface area contributed by atoms with Gasteiger partial charge in [-0.15, -0.1) is 23.1 Å². The van der Waals surface area contributed by atoms with Crippen LogP contribution in [0.5, 0.6) is 0 Å². The Hall–Kier alpha value is -0.850. The zero-order valence-corrected chi connectivity index (χ0v) is 16.2. The summed E-state index contributed by atoms with van der Waals surface area (Å²) in [7, 11) is 0. The molecule has 0 aliphatic carbocycles. The van der Waals surface area contributed by atoms with Crippen molar-refractivity contribution in [1.29, 1.82) is 0 Å². The highest BCUT2D eigenvalue weighted by Crippen LogP contribution is 2.30. The number of aryl methyl sites for hydroxylation is 1. The number of rotatable bonds is 4. The first-order valence-corrected chi connectivity index (χ1v) is 10.4. The number of piperidine rings is 1. The first-order chi connectivity index (χ1) is 11.1. The van der Waals surface area contributed by atoms with Crippen LogP contribution in [0.4, 0.5) is 0 Å². The number of likely N-dealkylation sites (tertiary alicyclic amines) is 1. The lowest BCUT2D eigenvalue weighted by Crippen LogP contribution is -2.40. The molecule has 1 aromatic heterocycles. The molecule has 3 rings (SSSR count). The van der Waals surface area contributed by atoms with Gasteiger partial charge in [-0.05, 0) is 43.5 Å². The molecule has 0 radical (unpaired) electrons. The molecule has 1 aliphatic heterocycles. The van der Waals surface area contributed by atoms with Gasteiger partial charge in [0.05, 0.1) is 10.8 Å². The monoisotopic (exact) mass is 410 g/mol. The Morgan fingerprint density at radius 3 is 3.13 bits per heavy atom. The first-order valence-electron chi connectivity index (χ1n) is 7.69. The third-order valence-electron chi connectivity index (χ3n) is 4.06. The van der Waals surface area contributed by atoms with E-state index in [0.717, 1.165) is 30.4 Å². The van der Waals surface area contributed by atoms with Crippen molar-refractivity contribution in [3.63, 3.8) is 0 Å². The Balaban J connectivity index is 1.57. The second-order valence-corrected chi connectivity index (χ2v) is 8.61. The summed E-state index contributed by atoms with van der Waals surface area (Å²) >= 11 is 6.80. The summed E-state index contributed by atoms with van der Waals surface area (Å²) in [6, 6.07) is 6.19. The lowest BCUT2D eigenvalue weighted by Gasteiger charge is -2.31. The van der Waals surface area contributed by atoms with Crippen LogP contribution in [0.25, 0.3) is 0 Å². The molecule has 3 nitrogen and oxygen atoms in total. The molecule has 23 heavy (non-hydrogen) atoms. The van der Waals surface area contributed by atoms with Gasteiger partial charge in [0.25, 0.3) is 0 Å². The maximum Gasteiger partial charge on any atom is 0.232 e. The highest BCUT2D eigenvalue weighted by molar-refractivity contribution is 9.10. The smallest absolute Gasteiger partial charge is 0.232 e. The predicted octanol–water partition coefficient (Wildman–Crippen LogP) is 4.71. The van der Waals surface area contributed by atoms with Crippen molar-refractivity contribution in [1.82, 2.24) is 9.88 Å². The molecule has 122 valence electrons. The Morgan fingerprint density at radius 1 is 1.52 bits per heavy atom. The van der Waals surface area contributed by atoms with E-state index in [1.165, 1.54) is 15.5 Å². The minimum absolute atomic E-state index is 0.235. The molecule has 0 bridgehead atoms. The maximum absolute atomic E-state index is 12.5. The van der Waals surface area contributed by atoms with Crippen molar-refractivity contribution in [3.8, 4) is 0 Å². The number of hydrogen-bond donors (Lipinski definition) is 0. The van der Waals surface area contributed by atoms with Crippen LogP contribution < -0.4 is 0 Å². The topological polar surface area (TPSA) is 33.2 Å². The molecule has 1 saturated heterocycles. The van der Waals surface area contributed by atoms with E-state index in [-0.39, 0.29) is 5.91 Å². The highest BCUT2D eigenvalue weighted by Gasteiger charge is 2.26. The molecule has 1 amide bonds. The number of aromatic nitrogens is 1. The molecule has 6 heteroatoms. The summed E-state index contributed by atoms with van der Waals surface area (Å²) in [4.78, 5) is 20.1. The van der Waals surface area contributed by atoms with Crippen LogP contribution in [0.1, 0.15) is 29.3 Å². The van der Waals surface area contributed by atoms with E-state index in [2.05, 4.69) is 40.0 Å². The molecule has 2 aromatic rings. The second-order valence-electron chi connectivity index (χ2n) is 5.75. The van der Waals surface area contributed by atoms with Crippen LogP contribution in [0.3, 0.4) is 0 Å². The summed E-state index contributed by atoms with van der Waals surface area (Å²) in [5.41, 5.74) is 1.21. The Kier molecular flexibility index (Phi) is 5.77. The predicted molar refractivity (Wildman–Crippen MR) is 100 cm³/mol. The van der Waals surface area contributed by atoms with E-state index < -0.39 is 0 Å². The fourth-order valence-corrected chi connectivity index (χ4v) is 5.00. The van der Waals surface area contributed by atoms with E-state index >= 15 is 0 Å². The number of amides is 1.